The molecule has 0 amide bonds. The molecule has 0 spiro atoms. The van der Waals surface area contributed by atoms with Gasteiger partial charge in [0.1, 0.15) is 12.4 Å². The molecule has 0 aliphatic carbocycles. The number of H-pyrrole nitrogens is 1. The zero-order valence-electron chi connectivity index (χ0n) is 16.9. The number of ether oxygens (including phenoxy) is 1. The monoisotopic (exact) mass is 474 g/mol. The first-order chi connectivity index (χ1) is 15.3. The van der Waals surface area contributed by atoms with Gasteiger partial charge in [-0.25, -0.2) is 14.6 Å². The van der Waals surface area contributed by atoms with Crippen molar-refractivity contribution in [1.29, 1.82) is 0 Å². The number of hydrogen-bond acceptors (Lipinski definition) is 4. The van der Waals surface area contributed by atoms with Crippen LogP contribution in [-0.2, 0) is 25.5 Å². The maximum Gasteiger partial charge on any atom is 0.440 e. The van der Waals surface area contributed by atoms with E-state index in [1.165, 1.54) is 0 Å². The molecule has 3 rings (SSSR count). The van der Waals surface area contributed by atoms with Crippen LogP contribution in [0.1, 0.15) is 29.2 Å². The summed E-state index contributed by atoms with van der Waals surface area (Å²) in [5.74, 6) is -1.47. The second-order valence-corrected chi connectivity index (χ2v) is 6.99. The van der Waals surface area contributed by atoms with Crippen molar-refractivity contribution in [2.24, 2.45) is 0 Å². The molecule has 1 N–H and O–H groups in total. The zero-order chi connectivity index (χ0) is 24.4. The largest absolute Gasteiger partial charge is 0.489 e. The molecule has 1 aromatic heterocycles. The van der Waals surface area contributed by atoms with Gasteiger partial charge in [-0.2, -0.15) is 26.3 Å². The quantitative estimate of drug-likeness (QED) is 0.519. The van der Waals surface area contributed by atoms with E-state index in [0.717, 1.165) is 4.74 Å². The van der Waals surface area contributed by atoms with E-state index in [-0.39, 0.29) is 19.2 Å². The van der Waals surface area contributed by atoms with Crippen LogP contribution in [0.2, 0.25) is 0 Å². The lowest BCUT2D eigenvalue weighted by Gasteiger charge is -2.15. The molecular weight excluding hydrogens is 458 g/mol. The first-order valence-electron chi connectivity index (χ1n) is 9.32. The molecule has 176 valence electrons. The molecule has 3 aromatic rings. The van der Waals surface area contributed by atoms with Gasteiger partial charge in [-0.15, -0.1) is 4.74 Å². The van der Waals surface area contributed by atoms with E-state index in [0.29, 0.717) is 28.8 Å². The second-order valence-electron chi connectivity index (χ2n) is 6.99. The highest BCUT2D eigenvalue weighted by Gasteiger charge is 2.37. The van der Waals surface area contributed by atoms with Crippen LogP contribution in [0.3, 0.4) is 0 Å². The minimum absolute atomic E-state index is 0.0273. The van der Waals surface area contributed by atoms with Gasteiger partial charge in [-0.05, 0) is 47.9 Å². The van der Waals surface area contributed by atoms with Crippen molar-refractivity contribution in [1.82, 2.24) is 9.72 Å². The van der Waals surface area contributed by atoms with Crippen molar-refractivity contribution in [3.63, 3.8) is 0 Å². The van der Waals surface area contributed by atoms with Crippen LogP contribution in [-0.4, -0.2) is 9.72 Å². The van der Waals surface area contributed by atoms with E-state index in [1.54, 1.807) is 37.3 Å². The number of allylic oxidation sites excluding steroid dienone is 2. The number of benzene rings is 2. The third-order valence-electron chi connectivity index (χ3n) is 4.54. The van der Waals surface area contributed by atoms with Crippen molar-refractivity contribution in [3.05, 3.63) is 91.8 Å². The average molecular weight is 474 g/mol. The Morgan fingerprint density at radius 3 is 2.21 bits per heavy atom. The van der Waals surface area contributed by atoms with E-state index in [2.05, 4.69) is 4.52 Å². The number of rotatable bonds is 6. The molecule has 0 bridgehead atoms. The standard InChI is InChI=1S/C21H16F6N2O4/c1-12(5-6-29-18(30)28-19(31)33-29)14-4-2-3-13(7-14)11-32-17-9-15(20(22,23)24)8-16(10-17)21(25,26)27/h2-5,7-10H,6,11H2,1H3,(H,28,30,31)/b12-5-. The highest BCUT2D eigenvalue weighted by atomic mass is 19.4. The zero-order valence-corrected chi connectivity index (χ0v) is 16.9. The summed E-state index contributed by atoms with van der Waals surface area (Å²) in [6.07, 6.45) is -8.34. The van der Waals surface area contributed by atoms with Gasteiger partial charge >= 0.3 is 23.8 Å². The molecule has 33 heavy (non-hydrogen) atoms. The highest BCUT2D eigenvalue weighted by Crippen LogP contribution is 2.38. The summed E-state index contributed by atoms with van der Waals surface area (Å²) >= 11 is 0. The predicted molar refractivity (Wildman–Crippen MR) is 104 cm³/mol. The van der Waals surface area contributed by atoms with Gasteiger partial charge in [0.2, 0.25) is 0 Å². The molecule has 0 saturated carbocycles. The number of hydrogen-bond donors (Lipinski definition) is 1. The van der Waals surface area contributed by atoms with Gasteiger partial charge in [-0.3, -0.25) is 0 Å². The minimum Gasteiger partial charge on any atom is -0.489 e. The molecule has 0 aliphatic rings. The Morgan fingerprint density at radius 2 is 1.67 bits per heavy atom. The second kappa shape index (κ2) is 9.04. The van der Waals surface area contributed by atoms with Gasteiger partial charge in [0.05, 0.1) is 17.7 Å². The molecule has 0 radical (unpaired) electrons. The normalized spacial score (nSPS) is 12.8. The van der Waals surface area contributed by atoms with Crippen molar-refractivity contribution < 1.29 is 35.6 Å². The van der Waals surface area contributed by atoms with Crippen LogP contribution < -0.4 is 16.2 Å². The number of alkyl halides is 6. The summed E-state index contributed by atoms with van der Waals surface area (Å²) in [6, 6.07) is 7.59. The van der Waals surface area contributed by atoms with Gasteiger partial charge in [0.15, 0.2) is 0 Å². The minimum atomic E-state index is -4.97. The fourth-order valence-corrected chi connectivity index (χ4v) is 2.85. The van der Waals surface area contributed by atoms with E-state index >= 15 is 0 Å². The molecule has 0 aliphatic heterocycles. The molecule has 6 nitrogen and oxygen atoms in total. The summed E-state index contributed by atoms with van der Waals surface area (Å²) < 4.78 is 88.6. The lowest BCUT2D eigenvalue weighted by Crippen LogP contribution is -2.15. The summed E-state index contributed by atoms with van der Waals surface area (Å²) in [6.45, 7) is 1.39. The molecule has 12 heteroatoms. The van der Waals surface area contributed by atoms with Gasteiger partial charge in [-0.1, -0.05) is 24.3 Å². The lowest BCUT2D eigenvalue weighted by molar-refractivity contribution is -0.143. The first-order valence-corrected chi connectivity index (χ1v) is 9.32. The Hall–Kier alpha value is -3.70. The summed E-state index contributed by atoms with van der Waals surface area (Å²) in [7, 11) is 0. The topological polar surface area (TPSA) is 77.2 Å². The van der Waals surface area contributed by atoms with Crippen LogP contribution >= 0.6 is 0 Å². The maximum atomic E-state index is 13.0. The van der Waals surface area contributed by atoms with Crippen molar-refractivity contribution in [3.8, 4) is 5.75 Å². The summed E-state index contributed by atoms with van der Waals surface area (Å²) in [5, 5.41) is 0. The van der Waals surface area contributed by atoms with Gasteiger partial charge in [0, 0.05) is 0 Å². The average Bonchev–Trinajstić information content (AvgIpc) is 3.06. The number of nitrogens with zero attached hydrogens (tertiary/aromatic N) is 1. The third kappa shape index (κ3) is 6.18. The predicted octanol–water partition coefficient (Wildman–Crippen LogP) is 4.85. The summed E-state index contributed by atoms with van der Waals surface area (Å²) in [5.41, 5.74) is -1.84. The van der Waals surface area contributed by atoms with E-state index < -0.39 is 40.7 Å². The van der Waals surface area contributed by atoms with Gasteiger partial charge in [0.25, 0.3) is 0 Å². The third-order valence-corrected chi connectivity index (χ3v) is 4.54. The van der Waals surface area contributed by atoms with Crippen molar-refractivity contribution in [2.45, 2.75) is 32.4 Å². The summed E-state index contributed by atoms with van der Waals surface area (Å²) in [4.78, 5) is 24.4. The highest BCUT2D eigenvalue weighted by molar-refractivity contribution is 5.64. The molecule has 0 unspecified atom stereocenters. The molecular formula is C21H16F6N2O4. The number of aromatic nitrogens is 2. The molecule has 2 aromatic carbocycles. The SMILES string of the molecule is C/C(=C/Cn1oc(=O)[nH]c1=O)c1cccc(COc2cc(C(F)(F)F)cc(C(F)(F)F)c2)c1. The van der Waals surface area contributed by atoms with Gasteiger partial charge < -0.3 is 9.26 Å². The Labute approximate surface area is 181 Å². The van der Waals surface area contributed by atoms with E-state index in [9.17, 15) is 35.9 Å². The Bertz CT molecular complexity index is 1250. The number of aromatic amines is 1. The van der Waals surface area contributed by atoms with Crippen molar-refractivity contribution in [2.75, 3.05) is 0 Å². The fraction of sp³-hybridized carbons (Fsp3) is 0.238. The van der Waals surface area contributed by atoms with E-state index in [1.807, 2.05) is 4.98 Å². The number of halogens is 6. The maximum absolute atomic E-state index is 13.0. The fourth-order valence-electron chi connectivity index (χ4n) is 2.85. The Kier molecular flexibility index (Phi) is 6.56. The van der Waals surface area contributed by atoms with Crippen LogP contribution in [0.25, 0.3) is 5.57 Å². The van der Waals surface area contributed by atoms with E-state index in [4.69, 9.17) is 4.74 Å². The van der Waals surface area contributed by atoms with Crippen LogP contribution in [0.15, 0.2) is 62.7 Å². The molecule has 0 fully saturated rings. The molecule has 0 atom stereocenters. The van der Waals surface area contributed by atoms with Crippen LogP contribution in [0.4, 0.5) is 26.3 Å². The number of nitrogens with one attached hydrogen (secondary N) is 1. The van der Waals surface area contributed by atoms with Crippen LogP contribution in [0, 0.1) is 0 Å². The Balaban J connectivity index is 1.78. The molecule has 1 heterocycles. The first kappa shape index (κ1) is 24.0. The lowest BCUT2D eigenvalue weighted by atomic mass is 10.0. The van der Waals surface area contributed by atoms with Crippen LogP contribution in [0.5, 0.6) is 5.75 Å². The Morgan fingerprint density at radius 1 is 1.03 bits per heavy atom. The molecule has 0 saturated heterocycles. The van der Waals surface area contributed by atoms with Crippen molar-refractivity contribution >= 4 is 5.57 Å². The smallest absolute Gasteiger partial charge is 0.440 e.